The van der Waals surface area contributed by atoms with Gasteiger partial charge >= 0.3 is 0 Å². The van der Waals surface area contributed by atoms with E-state index in [1.807, 2.05) is 0 Å². The van der Waals surface area contributed by atoms with Crippen molar-refractivity contribution in [2.75, 3.05) is 0 Å². The Morgan fingerprint density at radius 3 is 2.72 bits per heavy atom. The molecule has 2 aromatic rings. The van der Waals surface area contributed by atoms with Crippen LogP contribution in [0.5, 0.6) is 0 Å². The van der Waals surface area contributed by atoms with Crippen LogP contribution >= 0.6 is 0 Å². The number of benzene rings is 2. The lowest BCUT2D eigenvalue weighted by Crippen LogP contribution is -2.36. The van der Waals surface area contributed by atoms with E-state index in [0.717, 1.165) is 12.8 Å². The summed E-state index contributed by atoms with van der Waals surface area (Å²) in [5, 5.41) is 11.0. The third-order valence-electron chi connectivity index (χ3n) is 4.88. The van der Waals surface area contributed by atoms with Gasteiger partial charge in [0.25, 0.3) is 0 Å². The van der Waals surface area contributed by atoms with Gasteiger partial charge in [0.2, 0.25) is 0 Å². The van der Waals surface area contributed by atoms with Gasteiger partial charge in [0.05, 0.1) is 12.1 Å². The molecular weight excluding hydrogens is 321 g/mol. The number of aliphatic imine (C=N–C) groups is 1. The Morgan fingerprint density at radius 1 is 1.28 bits per heavy atom. The third kappa shape index (κ3) is 2.61. The molecule has 0 amide bonds. The number of hydrogen-bond donors (Lipinski definition) is 1. The Bertz CT molecular complexity index is 917. The number of hydrogen-bond acceptors (Lipinski definition) is 4. The zero-order valence-electron chi connectivity index (χ0n) is 13.4. The normalized spacial score (nSPS) is 21.6. The van der Waals surface area contributed by atoms with Gasteiger partial charge in [0, 0.05) is 11.1 Å². The molecule has 1 atom stereocenters. The molecule has 0 bridgehead atoms. The van der Waals surface area contributed by atoms with Gasteiger partial charge in [-0.05, 0) is 36.5 Å². The van der Waals surface area contributed by atoms with Crippen molar-refractivity contribution in [3.05, 3.63) is 65.0 Å². The minimum Gasteiger partial charge on any atom is -0.378 e. The zero-order valence-corrected chi connectivity index (χ0v) is 13.4. The van der Waals surface area contributed by atoms with Gasteiger partial charge in [-0.2, -0.15) is 0 Å². The van der Waals surface area contributed by atoms with Crippen LogP contribution in [-0.4, -0.2) is 22.9 Å². The highest BCUT2D eigenvalue weighted by Gasteiger charge is 2.43. The van der Waals surface area contributed by atoms with E-state index in [1.165, 1.54) is 6.07 Å². The topological polar surface area (TPSA) is 66.7 Å². The standard InChI is InChI=1S/C20H16FNO3/c21-16-9-13(7-8-14(16)12-5-6-12)18(24)10-20(25)15-3-1-2-4-17(15)22-19(20)11-23/h1-4,7-9,11-12,25H,5-6,10H2. The average molecular weight is 337 g/mol. The lowest BCUT2D eigenvalue weighted by Gasteiger charge is -2.23. The summed E-state index contributed by atoms with van der Waals surface area (Å²) in [6, 6.07) is 11.2. The predicted molar refractivity (Wildman–Crippen MR) is 90.8 cm³/mol. The molecule has 2 aliphatic rings. The summed E-state index contributed by atoms with van der Waals surface area (Å²) in [6.45, 7) is 0. The fourth-order valence-electron chi connectivity index (χ4n) is 3.35. The largest absolute Gasteiger partial charge is 0.378 e. The second-order valence-corrected chi connectivity index (χ2v) is 6.60. The summed E-state index contributed by atoms with van der Waals surface area (Å²) in [4.78, 5) is 28.1. The highest BCUT2D eigenvalue weighted by molar-refractivity contribution is 6.35. The van der Waals surface area contributed by atoms with Crippen LogP contribution in [-0.2, 0) is 10.4 Å². The Hall–Kier alpha value is -2.66. The first-order valence-corrected chi connectivity index (χ1v) is 8.22. The van der Waals surface area contributed by atoms with Crippen LogP contribution in [0.1, 0.15) is 46.7 Å². The maximum Gasteiger partial charge on any atom is 0.167 e. The van der Waals surface area contributed by atoms with E-state index < -0.39 is 17.2 Å². The summed E-state index contributed by atoms with van der Waals surface area (Å²) >= 11 is 0. The Morgan fingerprint density at radius 2 is 2.04 bits per heavy atom. The van der Waals surface area contributed by atoms with Crippen molar-refractivity contribution in [3.8, 4) is 0 Å². The molecule has 0 spiro atoms. The number of rotatable bonds is 5. The molecule has 1 aliphatic heterocycles. The number of ketones is 1. The molecule has 4 rings (SSSR count). The molecule has 0 aromatic heterocycles. The number of para-hydroxylation sites is 1. The predicted octanol–water partition coefficient (Wildman–Crippen LogP) is 3.45. The van der Waals surface area contributed by atoms with Crippen LogP contribution in [0.3, 0.4) is 0 Å². The summed E-state index contributed by atoms with van der Waals surface area (Å²) in [7, 11) is 0. The number of halogens is 1. The van der Waals surface area contributed by atoms with E-state index in [2.05, 4.69) is 4.99 Å². The van der Waals surface area contributed by atoms with Crippen LogP contribution < -0.4 is 0 Å². The fraction of sp³-hybridized carbons (Fsp3) is 0.250. The minimum absolute atomic E-state index is 0.0999. The van der Waals surface area contributed by atoms with Crippen molar-refractivity contribution in [1.29, 1.82) is 0 Å². The van der Waals surface area contributed by atoms with E-state index in [9.17, 15) is 19.1 Å². The molecule has 1 heterocycles. The summed E-state index contributed by atoms with van der Waals surface area (Å²) in [5.74, 6) is -0.574. The Labute approximate surface area is 144 Å². The number of aldehydes is 1. The Balaban J connectivity index is 1.65. The molecule has 1 saturated carbocycles. The van der Waals surface area contributed by atoms with Gasteiger partial charge < -0.3 is 5.11 Å². The first kappa shape index (κ1) is 15.8. The first-order valence-electron chi connectivity index (χ1n) is 8.22. The minimum atomic E-state index is -1.78. The molecule has 1 aliphatic carbocycles. The van der Waals surface area contributed by atoms with E-state index >= 15 is 0 Å². The molecule has 5 heteroatoms. The number of nitrogens with zero attached hydrogens (tertiary/aromatic N) is 1. The monoisotopic (exact) mass is 337 g/mol. The van der Waals surface area contributed by atoms with Crippen LogP contribution in [0.15, 0.2) is 47.5 Å². The van der Waals surface area contributed by atoms with E-state index in [0.29, 0.717) is 23.1 Å². The van der Waals surface area contributed by atoms with Gasteiger partial charge in [0.15, 0.2) is 12.1 Å². The van der Waals surface area contributed by atoms with E-state index in [1.54, 1.807) is 36.4 Å². The molecule has 0 radical (unpaired) electrons. The molecule has 1 fully saturated rings. The molecule has 2 aromatic carbocycles. The van der Waals surface area contributed by atoms with Crippen molar-refractivity contribution in [2.45, 2.75) is 30.8 Å². The molecule has 0 saturated heterocycles. The highest BCUT2D eigenvalue weighted by atomic mass is 19.1. The maximum atomic E-state index is 14.2. The van der Waals surface area contributed by atoms with Crippen molar-refractivity contribution in [3.63, 3.8) is 0 Å². The summed E-state index contributed by atoms with van der Waals surface area (Å²) < 4.78 is 14.2. The van der Waals surface area contributed by atoms with Crippen molar-refractivity contribution < 1.29 is 19.1 Å². The molecule has 25 heavy (non-hydrogen) atoms. The first-order chi connectivity index (χ1) is 12.0. The van der Waals surface area contributed by atoms with E-state index in [-0.39, 0.29) is 23.6 Å². The summed E-state index contributed by atoms with van der Waals surface area (Å²) in [6.07, 6.45) is 2.05. The second-order valence-electron chi connectivity index (χ2n) is 6.60. The van der Waals surface area contributed by atoms with Crippen molar-refractivity contribution >= 4 is 23.5 Å². The van der Waals surface area contributed by atoms with E-state index in [4.69, 9.17) is 0 Å². The number of carbonyl (C=O) groups excluding carboxylic acids is 2. The molecule has 1 N–H and O–H groups in total. The third-order valence-corrected chi connectivity index (χ3v) is 4.88. The highest BCUT2D eigenvalue weighted by Crippen LogP contribution is 2.42. The quantitative estimate of drug-likeness (QED) is 0.671. The smallest absolute Gasteiger partial charge is 0.167 e. The van der Waals surface area contributed by atoms with Gasteiger partial charge in [0.1, 0.15) is 17.1 Å². The van der Waals surface area contributed by atoms with Gasteiger partial charge in [-0.1, -0.05) is 30.3 Å². The SMILES string of the molecule is O=CC1=Nc2ccccc2C1(O)CC(=O)c1ccc(C2CC2)c(F)c1. The molecule has 126 valence electrons. The van der Waals surface area contributed by atoms with Crippen LogP contribution in [0.2, 0.25) is 0 Å². The van der Waals surface area contributed by atoms with Crippen LogP contribution in [0, 0.1) is 5.82 Å². The van der Waals surface area contributed by atoms with Gasteiger partial charge in [-0.15, -0.1) is 0 Å². The number of aliphatic hydroxyl groups is 1. The van der Waals surface area contributed by atoms with Crippen molar-refractivity contribution in [1.82, 2.24) is 0 Å². The number of carbonyl (C=O) groups is 2. The molecular formula is C20H16FNO3. The lowest BCUT2D eigenvalue weighted by atomic mass is 9.84. The average Bonchev–Trinajstić information content (AvgIpc) is 3.40. The van der Waals surface area contributed by atoms with Crippen molar-refractivity contribution in [2.24, 2.45) is 4.99 Å². The maximum absolute atomic E-state index is 14.2. The molecule has 1 unspecified atom stereocenters. The zero-order chi connectivity index (χ0) is 17.6. The molecule has 4 nitrogen and oxygen atoms in total. The van der Waals surface area contributed by atoms with Gasteiger partial charge in [-0.25, -0.2) is 9.38 Å². The lowest BCUT2D eigenvalue weighted by molar-refractivity contribution is -0.103. The second kappa shape index (κ2) is 5.70. The summed E-state index contributed by atoms with van der Waals surface area (Å²) in [5.41, 5.74) is -0.171. The number of fused-ring (bicyclic) bond motifs is 1. The Kier molecular flexibility index (Phi) is 3.62. The van der Waals surface area contributed by atoms with Crippen LogP contribution in [0.4, 0.5) is 10.1 Å². The number of Topliss-reactive ketones (excluding diaryl/α,β-unsaturated/α-hetero) is 1. The van der Waals surface area contributed by atoms with Gasteiger partial charge in [-0.3, -0.25) is 9.59 Å². The fourth-order valence-corrected chi connectivity index (χ4v) is 3.35. The van der Waals surface area contributed by atoms with Crippen LogP contribution in [0.25, 0.3) is 0 Å².